The van der Waals surface area contributed by atoms with Crippen LogP contribution in [0.15, 0.2) is 59.6 Å². The summed E-state index contributed by atoms with van der Waals surface area (Å²) in [6, 6.07) is -2.30. The highest BCUT2D eigenvalue weighted by molar-refractivity contribution is 6.00. The topological polar surface area (TPSA) is 614 Å². The zero-order valence-electron chi connectivity index (χ0n) is 48.7. The third kappa shape index (κ3) is 29.9. The van der Waals surface area contributed by atoms with Crippen LogP contribution in [-0.2, 0) is 84.8 Å². The van der Waals surface area contributed by atoms with E-state index in [1.807, 2.05) is 0 Å². The van der Waals surface area contributed by atoms with E-state index in [2.05, 4.69) is 52.8 Å². The van der Waals surface area contributed by atoms with Crippen molar-refractivity contribution in [1.82, 2.24) is 47.9 Å². The molecule has 0 spiro atoms. The van der Waals surface area contributed by atoms with Crippen molar-refractivity contribution in [3.63, 3.8) is 0 Å². The number of benzene rings is 2. The molecule has 0 radical (unpaired) electrons. The third-order valence-corrected chi connectivity index (χ3v) is 12.7. The van der Waals surface area contributed by atoms with Crippen LogP contribution in [0.1, 0.15) is 89.2 Å². The van der Waals surface area contributed by atoms with Crippen LogP contribution in [0.5, 0.6) is 5.75 Å². The van der Waals surface area contributed by atoms with E-state index in [0.717, 1.165) is 0 Å². The summed E-state index contributed by atoms with van der Waals surface area (Å²) in [5.74, 6) is -19.0. The first-order valence-electron chi connectivity index (χ1n) is 27.6. The molecule has 25 N–H and O–H groups in total. The van der Waals surface area contributed by atoms with Gasteiger partial charge in [0.1, 0.15) is 60.6 Å². The number of carboxylic acid groups (broad SMARTS) is 3. The molecule has 89 heavy (non-hydrogen) atoms. The van der Waals surface area contributed by atoms with E-state index in [1.165, 1.54) is 24.3 Å². The average molecular weight is 1260 g/mol. The van der Waals surface area contributed by atoms with Crippen molar-refractivity contribution < 1.29 is 92.3 Å². The minimum atomic E-state index is -2.06. The number of phenolic OH excluding ortho intramolecular Hbond substituents is 1. The number of aliphatic imine (C=N–C) groups is 1. The molecule has 35 heteroatoms. The van der Waals surface area contributed by atoms with Gasteiger partial charge in [0.2, 0.25) is 70.9 Å². The predicted molar refractivity (Wildman–Crippen MR) is 311 cm³/mol. The van der Waals surface area contributed by atoms with Crippen LogP contribution >= 0.6 is 0 Å². The number of nitrogens with one attached hydrogen (secondary N) is 9. The summed E-state index contributed by atoms with van der Waals surface area (Å²) >= 11 is 0. The molecule has 0 aliphatic heterocycles. The molecule has 35 nitrogen and oxygen atoms in total. The van der Waals surface area contributed by atoms with Crippen molar-refractivity contribution in [2.24, 2.45) is 45.3 Å². The number of hydrogen-bond donors (Lipinski definition) is 19. The first-order valence-corrected chi connectivity index (χ1v) is 27.6. The van der Waals surface area contributed by atoms with Crippen molar-refractivity contribution in [2.45, 2.75) is 145 Å². The number of phenols is 1. The maximum atomic E-state index is 14.3. The number of nitrogens with two attached hydrogens (primary N) is 6. The summed E-state index contributed by atoms with van der Waals surface area (Å²) in [7, 11) is 0. The van der Waals surface area contributed by atoms with Crippen LogP contribution in [-0.4, -0.2) is 183 Å². The molecule has 0 saturated heterocycles. The van der Waals surface area contributed by atoms with Crippen LogP contribution in [0.2, 0.25) is 0 Å². The van der Waals surface area contributed by atoms with E-state index >= 15 is 0 Å². The van der Waals surface area contributed by atoms with Crippen LogP contribution in [0.25, 0.3) is 0 Å². The Morgan fingerprint density at radius 1 is 0.438 bits per heavy atom. The van der Waals surface area contributed by atoms with Gasteiger partial charge in [0.25, 0.3) is 0 Å². The van der Waals surface area contributed by atoms with Crippen LogP contribution in [0.4, 0.5) is 0 Å². The molecule has 488 valence electrons. The molecule has 0 unspecified atom stereocenters. The second-order valence-electron chi connectivity index (χ2n) is 20.7. The number of carboxylic acids is 3. The summed E-state index contributed by atoms with van der Waals surface area (Å²) in [5.41, 5.74) is 33.3. The van der Waals surface area contributed by atoms with Crippen molar-refractivity contribution in [3.05, 3.63) is 65.7 Å². The lowest BCUT2D eigenvalue weighted by Gasteiger charge is -2.28. The monoisotopic (exact) mass is 1250 g/mol. The molecular weight excluding hydrogens is 1180 g/mol. The molecule has 0 aliphatic carbocycles. The number of nitrogens with zero attached hydrogens (tertiary/aromatic N) is 1. The Hall–Kier alpha value is -10.5. The SMILES string of the molecule is CC(C)C[C@H](NC(=O)[C@H](Cc1ccccc1)NC(=O)[C@H](CC(N)=O)NC(=O)[C@@H](N)CC(N)=O)C(=O)N[C@@H](CC(=O)O)C(=O)N[C@@H](CCCN=C(N)N)C(=O)N[C@@H](CCC(=O)O)C(=O)N[C@@H](CCC(N)=O)C(=O)N[C@@H](Cc1ccc(O)cc1)C(=O)NCC(=O)O. The van der Waals surface area contributed by atoms with Gasteiger partial charge in [-0.2, -0.15) is 0 Å². The Kier molecular flexibility index (Phi) is 31.7. The zero-order valence-corrected chi connectivity index (χ0v) is 48.7. The fourth-order valence-corrected chi connectivity index (χ4v) is 8.28. The average Bonchev–Trinajstić information content (AvgIpc) is 2.10. The maximum absolute atomic E-state index is 14.3. The standard InChI is InChI=1S/C54H78N16O19/c1-26(2)19-34(67-51(87)36(20-27-7-4-3-5-8-27)69-52(88)37(23-41(58)74)66-45(81)30(55)22-40(57)73)50(86)70-38(24-43(77)78)53(89)63-31(9-6-18-61-54(59)60)47(83)65-33(15-17-42(75)76)48(84)64-32(14-16-39(56)72)49(85)68-35(46(82)62-25-44(79)80)21-28-10-12-29(71)13-11-28/h3-5,7-8,10-13,26,30-38,71H,6,9,14-25,55H2,1-2H3,(H2,56,72)(H2,57,73)(H2,58,74)(H,62,82)(H,63,89)(H,64,84)(H,65,83)(H,66,81)(H,67,87)(H,68,85)(H,69,88)(H,70,86)(H,75,76)(H,77,78)(H,79,80)(H4,59,60,61)/t30-,31-,32-,33-,34-,35-,36-,37-,38-/m0/s1. The highest BCUT2D eigenvalue weighted by Crippen LogP contribution is 2.14. The first kappa shape index (κ1) is 74.6. The Balaban J connectivity index is 2.57. The molecule has 0 bridgehead atoms. The van der Waals surface area contributed by atoms with Gasteiger partial charge in [-0.15, -0.1) is 0 Å². The number of rotatable bonds is 41. The molecule has 2 rings (SSSR count). The number of aliphatic carboxylic acids is 3. The fourth-order valence-electron chi connectivity index (χ4n) is 8.28. The highest BCUT2D eigenvalue weighted by Gasteiger charge is 2.37. The van der Waals surface area contributed by atoms with Crippen LogP contribution < -0.4 is 82.3 Å². The second-order valence-corrected chi connectivity index (χ2v) is 20.7. The van der Waals surface area contributed by atoms with Gasteiger partial charge in [0, 0.05) is 32.2 Å². The summed E-state index contributed by atoms with van der Waals surface area (Å²) in [6.45, 7) is 2.19. The lowest BCUT2D eigenvalue weighted by atomic mass is 10.00. The number of primary amides is 3. The summed E-state index contributed by atoms with van der Waals surface area (Å²) in [4.78, 5) is 200. The van der Waals surface area contributed by atoms with E-state index in [9.17, 15) is 92.3 Å². The van der Waals surface area contributed by atoms with Gasteiger partial charge in [0.05, 0.1) is 25.3 Å². The van der Waals surface area contributed by atoms with E-state index < -0.39 is 207 Å². The number of carbonyl (C=O) groups excluding carboxylic acids is 12. The molecule has 0 saturated carbocycles. The molecular formula is C54H78N16O19. The minimum Gasteiger partial charge on any atom is -0.508 e. The Bertz CT molecular complexity index is 2890. The van der Waals surface area contributed by atoms with Gasteiger partial charge in [-0.1, -0.05) is 56.3 Å². The van der Waals surface area contributed by atoms with Crippen molar-refractivity contribution >= 4 is 94.8 Å². The largest absolute Gasteiger partial charge is 0.508 e. The van der Waals surface area contributed by atoms with Gasteiger partial charge in [-0.3, -0.25) is 76.9 Å². The van der Waals surface area contributed by atoms with Gasteiger partial charge in [0.15, 0.2) is 5.96 Å². The van der Waals surface area contributed by atoms with Crippen LogP contribution in [0, 0.1) is 5.92 Å². The van der Waals surface area contributed by atoms with Gasteiger partial charge in [-0.05, 0) is 61.3 Å². The number of carbonyl (C=O) groups is 15. The molecule has 0 heterocycles. The summed E-state index contributed by atoms with van der Waals surface area (Å²) < 4.78 is 0. The normalized spacial score (nSPS) is 13.8. The maximum Gasteiger partial charge on any atom is 0.322 e. The van der Waals surface area contributed by atoms with Gasteiger partial charge in [-0.25, -0.2) is 0 Å². The van der Waals surface area contributed by atoms with Crippen molar-refractivity contribution in [1.29, 1.82) is 0 Å². The molecule has 0 aromatic heterocycles. The van der Waals surface area contributed by atoms with E-state index in [-0.39, 0.29) is 43.9 Å². The Morgan fingerprint density at radius 2 is 0.854 bits per heavy atom. The molecule has 2 aromatic carbocycles. The highest BCUT2D eigenvalue weighted by atomic mass is 16.4. The van der Waals surface area contributed by atoms with E-state index in [1.54, 1.807) is 44.2 Å². The van der Waals surface area contributed by atoms with Gasteiger partial charge >= 0.3 is 17.9 Å². The second kappa shape index (κ2) is 37.8. The lowest BCUT2D eigenvalue weighted by Crippen LogP contribution is -2.61. The number of amides is 12. The number of aromatic hydroxyl groups is 1. The lowest BCUT2D eigenvalue weighted by molar-refractivity contribution is -0.142. The van der Waals surface area contributed by atoms with E-state index in [0.29, 0.717) is 11.1 Å². The third-order valence-electron chi connectivity index (χ3n) is 12.7. The molecule has 0 fully saturated rings. The minimum absolute atomic E-state index is 0.124. The Morgan fingerprint density at radius 3 is 1.33 bits per heavy atom. The molecule has 12 amide bonds. The Labute approximate surface area is 508 Å². The summed E-state index contributed by atoms with van der Waals surface area (Å²) in [6.07, 6.45) is -6.61. The van der Waals surface area contributed by atoms with Crippen molar-refractivity contribution in [2.75, 3.05) is 13.1 Å². The number of guanidine groups is 1. The summed E-state index contributed by atoms with van der Waals surface area (Å²) in [5, 5.41) is 59.3. The van der Waals surface area contributed by atoms with Crippen molar-refractivity contribution in [3.8, 4) is 5.75 Å². The smallest absolute Gasteiger partial charge is 0.322 e. The first-order chi connectivity index (χ1) is 41.7. The quantitative estimate of drug-likeness (QED) is 0.0167. The zero-order chi connectivity index (χ0) is 67.1. The van der Waals surface area contributed by atoms with E-state index in [4.69, 9.17) is 34.4 Å². The predicted octanol–water partition coefficient (Wildman–Crippen LogP) is -6.96. The number of hydrogen-bond acceptors (Lipinski definition) is 18. The fraction of sp³-hybridized carbons (Fsp3) is 0.481. The molecule has 0 aliphatic rings. The molecule has 2 aromatic rings. The van der Waals surface area contributed by atoms with Crippen LogP contribution in [0.3, 0.4) is 0 Å². The van der Waals surface area contributed by atoms with Gasteiger partial charge < -0.3 is 103 Å². The molecule has 9 atom stereocenters.